The standard InChI is InChI=1S/C10H14N2O5S/c1-4-2-12(10(17)11-8(4)16)9-7(15)6(14)5(3-13)18-9/h2,5-7,9,13-15H,3H2,1H3,(H,11,16,17)/t5-,6-,7+,9+/m1/s1. The molecule has 0 aromatic carbocycles. The first-order valence-corrected chi connectivity index (χ1v) is 6.34. The first-order valence-electron chi connectivity index (χ1n) is 5.40. The van der Waals surface area contributed by atoms with Crippen molar-refractivity contribution >= 4 is 11.8 Å². The van der Waals surface area contributed by atoms with E-state index < -0.39 is 34.1 Å². The van der Waals surface area contributed by atoms with E-state index in [4.69, 9.17) is 5.11 Å². The number of aromatic nitrogens is 2. The SMILES string of the molecule is Cc1cn([C@H]2S[C@H](CO)[C@@H](O)[C@@H]2O)c(=O)[nH]c1=O. The molecule has 0 saturated carbocycles. The Morgan fingerprint density at radius 3 is 2.61 bits per heavy atom. The van der Waals surface area contributed by atoms with Crippen LogP contribution in [0.4, 0.5) is 0 Å². The van der Waals surface area contributed by atoms with Gasteiger partial charge in [0.05, 0.1) is 18.0 Å². The molecule has 0 radical (unpaired) electrons. The maximum absolute atomic E-state index is 11.7. The lowest BCUT2D eigenvalue weighted by Crippen LogP contribution is -2.38. The maximum atomic E-state index is 11.7. The second kappa shape index (κ2) is 4.88. The fourth-order valence-corrected chi connectivity index (χ4v) is 3.26. The van der Waals surface area contributed by atoms with Gasteiger partial charge in [-0.25, -0.2) is 4.79 Å². The van der Waals surface area contributed by atoms with E-state index in [0.29, 0.717) is 5.56 Å². The summed E-state index contributed by atoms with van der Waals surface area (Å²) >= 11 is 1.10. The molecule has 0 unspecified atom stereocenters. The van der Waals surface area contributed by atoms with Crippen molar-refractivity contribution in [2.75, 3.05) is 6.61 Å². The van der Waals surface area contributed by atoms with Gasteiger partial charge >= 0.3 is 5.69 Å². The zero-order valence-electron chi connectivity index (χ0n) is 9.61. The second-order valence-electron chi connectivity index (χ2n) is 4.21. The Morgan fingerprint density at radius 1 is 1.39 bits per heavy atom. The Labute approximate surface area is 106 Å². The van der Waals surface area contributed by atoms with E-state index in [2.05, 4.69) is 4.98 Å². The zero-order chi connectivity index (χ0) is 13.4. The van der Waals surface area contributed by atoms with Gasteiger partial charge in [0, 0.05) is 11.8 Å². The average Bonchev–Trinajstić information content (AvgIpc) is 2.61. The molecule has 1 aliphatic heterocycles. The van der Waals surface area contributed by atoms with Crippen LogP contribution in [-0.2, 0) is 0 Å². The number of H-pyrrole nitrogens is 1. The summed E-state index contributed by atoms with van der Waals surface area (Å²) in [5.41, 5.74) is -0.787. The van der Waals surface area contributed by atoms with Gasteiger partial charge in [0.25, 0.3) is 5.56 Å². The van der Waals surface area contributed by atoms with Gasteiger partial charge < -0.3 is 15.3 Å². The number of aromatic amines is 1. The van der Waals surface area contributed by atoms with Crippen molar-refractivity contribution in [2.45, 2.75) is 29.8 Å². The highest BCUT2D eigenvalue weighted by atomic mass is 32.2. The number of hydrogen-bond donors (Lipinski definition) is 4. The molecule has 0 bridgehead atoms. The van der Waals surface area contributed by atoms with Crippen LogP contribution in [0.25, 0.3) is 0 Å². The van der Waals surface area contributed by atoms with Gasteiger partial charge in [-0.05, 0) is 6.92 Å². The van der Waals surface area contributed by atoms with Crippen LogP contribution in [0.15, 0.2) is 15.8 Å². The molecule has 1 saturated heterocycles. The summed E-state index contributed by atoms with van der Waals surface area (Å²) in [4.78, 5) is 25.0. The highest BCUT2D eigenvalue weighted by molar-refractivity contribution is 8.00. The van der Waals surface area contributed by atoms with Crippen LogP contribution in [0.2, 0.25) is 0 Å². The predicted octanol–water partition coefficient (Wildman–Crippen LogP) is -1.83. The zero-order valence-corrected chi connectivity index (χ0v) is 10.4. The molecule has 4 N–H and O–H groups in total. The third-order valence-corrected chi connectivity index (χ3v) is 4.50. The van der Waals surface area contributed by atoms with E-state index in [1.54, 1.807) is 6.92 Å². The Hall–Kier alpha value is -1.09. The lowest BCUT2D eigenvalue weighted by atomic mass is 10.1. The molecule has 100 valence electrons. The number of rotatable bonds is 2. The predicted molar refractivity (Wildman–Crippen MR) is 65.6 cm³/mol. The number of aryl methyl sites for hydroxylation is 1. The molecule has 18 heavy (non-hydrogen) atoms. The Balaban J connectivity index is 2.42. The van der Waals surface area contributed by atoms with Crippen LogP contribution in [0.1, 0.15) is 10.9 Å². The smallest absolute Gasteiger partial charge is 0.329 e. The number of aliphatic hydroxyl groups is 3. The summed E-state index contributed by atoms with van der Waals surface area (Å²) in [6, 6.07) is 0. The molecular weight excluding hydrogens is 260 g/mol. The minimum atomic E-state index is -1.17. The van der Waals surface area contributed by atoms with E-state index in [0.717, 1.165) is 11.8 Å². The van der Waals surface area contributed by atoms with E-state index >= 15 is 0 Å². The number of nitrogens with one attached hydrogen (secondary N) is 1. The lowest BCUT2D eigenvalue weighted by Gasteiger charge is -2.17. The van der Waals surface area contributed by atoms with Gasteiger partial charge in [-0.15, -0.1) is 11.8 Å². The largest absolute Gasteiger partial charge is 0.395 e. The van der Waals surface area contributed by atoms with Crippen LogP contribution in [-0.4, -0.2) is 48.9 Å². The van der Waals surface area contributed by atoms with Crippen molar-refractivity contribution in [3.63, 3.8) is 0 Å². The van der Waals surface area contributed by atoms with E-state index in [1.165, 1.54) is 10.8 Å². The van der Waals surface area contributed by atoms with Crippen molar-refractivity contribution in [1.29, 1.82) is 0 Å². The van der Waals surface area contributed by atoms with Gasteiger partial charge in [-0.2, -0.15) is 0 Å². The van der Waals surface area contributed by atoms with E-state index in [9.17, 15) is 19.8 Å². The van der Waals surface area contributed by atoms with E-state index in [-0.39, 0.29) is 6.61 Å². The third kappa shape index (κ3) is 2.12. The summed E-state index contributed by atoms with van der Waals surface area (Å²) in [6.45, 7) is 1.25. The molecule has 0 amide bonds. The molecule has 8 heteroatoms. The number of hydrogen-bond acceptors (Lipinski definition) is 6. The second-order valence-corrected chi connectivity index (χ2v) is 5.57. The van der Waals surface area contributed by atoms with Crippen LogP contribution < -0.4 is 11.2 Å². The first kappa shape index (κ1) is 13.3. The lowest BCUT2D eigenvalue weighted by molar-refractivity contribution is 0.0101. The molecular formula is C10H14N2O5S. The fraction of sp³-hybridized carbons (Fsp3) is 0.600. The Bertz CT molecular complexity index is 554. The number of aliphatic hydroxyl groups excluding tert-OH is 3. The van der Waals surface area contributed by atoms with Crippen LogP contribution in [0.3, 0.4) is 0 Å². The normalized spacial score (nSPS) is 31.8. The molecule has 1 fully saturated rings. The van der Waals surface area contributed by atoms with Crippen LogP contribution in [0.5, 0.6) is 0 Å². The molecule has 7 nitrogen and oxygen atoms in total. The van der Waals surface area contributed by atoms with Crippen molar-refractivity contribution in [2.24, 2.45) is 0 Å². The highest BCUT2D eigenvalue weighted by Gasteiger charge is 2.43. The average molecular weight is 274 g/mol. The molecule has 2 heterocycles. The van der Waals surface area contributed by atoms with Gasteiger partial charge in [-0.1, -0.05) is 0 Å². The monoisotopic (exact) mass is 274 g/mol. The highest BCUT2D eigenvalue weighted by Crippen LogP contribution is 2.40. The molecule has 1 aliphatic rings. The topological polar surface area (TPSA) is 116 Å². The van der Waals surface area contributed by atoms with Crippen molar-refractivity contribution in [3.05, 3.63) is 32.6 Å². The summed E-state index contributed by atoms with van der Waals surface area (Å²) in [6.07, 6.45) is -0.937. The molecule has 4 atom stereocenters. The number of nitrogens with zero attached hydrogens (tertiary/aromatic N) is 1. The third-order valence-electron chi connectivity index (χ3n) is 2.94. The van der Waals surface area contributed by atoms with Crippen molar-refractivity contribution < 1.29 is 15.3 Å². The molecule has 0 spiro atoms. The van der Waals surface area contributed by atoms with E-state index in [1.807, 2.05) is 0 Å². The quantitative estimate of drug-likeness (QED) is 0.504. The van der Waals surface area contributed by atoms with Gasteiger partial charge in [0.1, 0.15) is 11.5 Å². The minimum Gasteiger partial charge on any atom is -0.395 e. The number of thioether (sulfide) groups is 1. The van der Waals surface area contributed by atoms with Crippen molar-refractivity contribution in [3.8, 4) is 0 Å². The van der Waals surface area contributed by atoms with Crippen LogP contribution in [0, 0.1) is 6.92 Å². The minimum absolute atomic E-state index is 0.295. The van der Waals surface area contributed by atoms with Gasteiger partial charge in [-0.3, -0.25) is 14.3 Å². The van der Waals surface area contributed by atoms with Crippen LogP contribution >= 0.6 is 11.8 Å². The molecule has 1 aromatic heterocycles. The van der Waals surface area contributed by atoms with Gasteiger partial charge in [0.2, 0.25) is 0 Å². The maximum Gasteiger partial charge on any atom is 0.329 e. The Kier molecular flexibility index (Phi) is 3.62. The van der Waals surface area contributed by atoms with Gasteiger partial charge in [0.15, 0.2) is 0 Å². The summed E-state index contributed by atoms with van der Waals surface area (Å²) in [7, 11) is 0. The molecule has 2 rings (SSSR count). The van der Waals surface area contributed by atoms with Crippen molar-refractivity contribution in [1.82, 2.24) is 9.55 Å². The summed E-state index contributed by atoms with van der Waals surface area (Å²) < 4.78 is 1.17. The molecule has 1 aromatic rings. The fourth-order valence-electron chi connectivity index (χ4n) is 1.88. The first-order chi connectivity index (χ1) is 8.45. The summed E-state index contributed by atoms with van der Waals surface area (Å²) in [5.74, 6) is 0. The summed E-state index contributed by atoms with van der Waals surface area (Å²) in [5, 5.41) is 27.3. The Morgan fingerprint density at radius 2 is 2.06 bits per heavy atom. The molecule has 0 aliphatic carbocycles.